The third-order valence-electron chi connectivity index (χ3n) is 7.25. The molecule has 0 aromatic heterocycles. The normalized spacial score (nSPS) is 25.2. The number of hydrogen-bond acceptors (Lipinski definition) is 6. The zero-order valence-corrected chi connectivity index (χ0v) is 19.1. The first-order valence-corrected chi connectivity index (χ1v) is 11.7. The number of rotatable bonds is 6. The molecule has 33 heavy (non-hydrogen) atoms. The summed E-state index contributed by atoms with van der Waals surface area (Å²) in [6.45, 7) is 3.27. The first-order chi connectivity index (χ1) is 15.8. The van der Waals surface area contributed by atoms with Crippen molar-refractivity contribution in [1.29, 1.82) is 0 Å². The number of nitrogens with zero attached hydrogens (tertiary/aromatic N) is 3. The number of benzene rings is 1. The van der Waals surface area contributed by atoms with Crippen LogP contribution in [0.3, 0.4) is 0 Å². The van der Waals surface area contributed by atoms with E-state index in [1.165, 1.54) is 9.80 Å². The molecule has 1 spiro atoms. The fourth-order valence-corrected chi connectivity index (χ4v) is 4.80. The minimum atomic E-state index is -1.00. The van der Waals surface area contributed by atoms with Gasteiger partial charge in [0, 0.05) is 32.7 Å². The van der Waals surface area contributed by atoms with Crippen molar-refractivity contribution in [3.8, 4) is 0 Å². The van der Waals surface area contributed by atoms with E-state index in [-0.39, 0.29) is 43.3 Å². The third kappa shape index (κ3) is 5.30. The largest absolute Gasteiger partial charge is 0.445 e. The van der Waals surface area contributed by atoms with Crippen LogP contribution in [0.5, 0.6) is 0 Å². The lowest BCUT2D eigenvalue weighted by molar-refractivity contribution is -0.144. The van der Waals surface area contributed by atoms with E-state index >= 15 is 0 Å². The molecule has 0 radical (unpaired) electrons. The number of carbonyl (C=O) groups excluding carboxylic acids is 3. The molecule has 4 rings (SSSR count). The molecule has 3 fully saturated rings. The van der Waals surface area contributed by atoms with Gasteiger partial charge < -0.3 is 24.7 Å². The van der Waals surface area contributed by atoms with E-state index in [1.54, 1.807) is 11.8 Å². The Balaban J connectivity index is 1.22. The maximum atomic E-state index is 12.8. The molecule has 2 N–H and O–H groups in total. The lowest BCUT2D eigenvalue weighted by atomic mass is 9.90. The van der Waals surface area contributed by atoms with Gasteiger partial charge in [-0.15, -0.1) is 0 Å². The highest BCUT2D eigenvalue weighted by Crippen LogP contribution is 2.53. The van der Waals surface area contributed by atoms with Crippen molar-refractivity contribution in [2.45, 2.75) is 57.5 Å². The van der Waals surface area contributed by atoms with Crippen LogP contribution in [-0.2, 0) is 20.9 Å². The van der Waals surface area contributed by atoms with Crippen molar-refractivity contribution in [2.75, 3.05) is 32.7 Å². The SMILES string of the molecule is C[C@H]1C(=O)N(C[C@@H](O)CC(=O)N2CCC3(CC3)[C@H](O)C2)CCN1C(=O)OCc1ccccc1. The molecule has 0 bridgehead atoms. The number of piperidine rings is 1. The molecule has 0 unspecified atom stereocenters. The monoisotopic (exact) mass is 459 g/mol. The molecule has 180 valence electrons. The molecular weight excluding hydrogens is 426 g/mol. The Morgan fingerprint density at radius 1 is 1.15 bits per heavy atom. The number of likely N-dealkylation sites (tertiary alicyclic amines) is 1. The fraction of sp³-hybridized carbons (Fsp3) is 0.625. The summed E-state index contributed by atoms with van der Waals surface area (Å²) in [7, 11) is 0. The predicted octanol–water partition coefficient (Wildman–Crippen LogP) is 0.980. The first kappa shape index (κ1) is 23.5. The van der Waals surface area contributed by atoms with Crippen molar-refractivity contribution in [1.82, 2.24) is 14.7 Å². The van der Waals surface area contributed by atoms with Gasteiger partial charge in [0.2, 0.25) is 11.8 Å². The summed E-state index contributed by atoms with van der Waals surface area (Å²) in [6.07, 6.45) is 0.695. The molecule has 3 aliphatic rings. The number of aliphatic hydroxyl groups excluding tert-OH is 2. The van der Waals surface area contributed by atoms with Crippen molar-refractivity contribution in [2.24, 2.45) is 5.41 Å². The highest BCUT2D eigenvalue weighted by atomic mass is 16.6. The summed E-state index contributed by atoms with van der Waals surface area (Å²) < 4.78 is 5.35. The van der Waals surface area contributed by atoms with Crippen LogP contribution < -0.4 is 0 Å². The minimum absolute atomic E-state index is 0.0138. The molecule has 2 saturated heterocycles. The van der Waals surface area contributed by atoms with Crippen molar-refractivity contribution >= 4 is 17.9 Å². The Morgan fingerprint density at radius 2 is 1.88 bits per heavy atom. The molecule has 1 saturated carbocycles. The highest BCUT2D eigenvalue weighted by Gasteiger charge is 2.51. The minimum Gasteiger partial charge on any atom is -0.445 e. The van der Waals surface area contributed by atoms with E-state index in [2.05, 4.69) is 0 Å². The number of amides is 3. The van der Waals surface area contributed by atoms with Crippen LogP contribution in [0.15, 0.2) is 30.3 Å². The molecule has 2 aliphatic heterocycles. The number of piperazine rings is 1. The first-order valence-electron chi connectivity index (χ1n) is 11.7. The van der Waals surface area contributed by atoms with Gasteiger partial charge in [-0.3, -0.25) is 14.5 Å². The Kier molecular flexibility index (Phi) is 6.90. The van der Waals surface area contributed by atoms with Crippen LogP contribution in [0.4, 0.5) is 4.79 Å². The fourth-order valence-electron chi connectivity index (χ4n) is 4.80. The summed E-state index contributed by atoms with van der Waals surface area (Å²) in [5.41, 5.74) is 0.879. The summed E-state index contributed by atoms with van der Waals surface area (Å²) in [5.74, 6) is -0.492. The van der Waals surface area contributed by atoms with Crippen molar-refractivity contribution in [3.63, 3.8) is 0 Å². The number of hydrogen-bond donors (Lipinski definition) is 2. The number of ether oxygens (including phenoxy) is 1. The summed E-state index contributed by atoms with van der Waals surface area (Å²) in [6, 6.07) is 8.61. The molecular formula is C24H33N3O6. The molecule has 9 nitrogen and oxygen atoms in total. The van der Waals surface area contributed by atoms with Crippen LogP contribution in [-0.4, -0.2) is 93.8 Å². The van der Waals surface area contributed by atoms with Gasteiger partial charge in [-0.25, -0.2) is 4.79 Å². The maximum absolute atomic E-state index is 12.8. The van der Waals surface area contributed by atoms with Gasteiger partial charge >= 0.3 is 6.09 Å². The Labute approximate surface area is 193 Å². The van der Waals surface area contributed by atoms with Crippen molar-refractivity contribution in [3.05, 3.63) is 35.9 Å². The third-order valence-corrected chi connectivity index (χ3v) is 7.25. The quantitative estimate of drug-likeness (QED) is 0.656. The molecule has 9 heteroatoms. The number of carbonyl (C=O) groups is 3. The van der Waals surface area contributed by atoms with Crippen molar-refractivity contribution < 1.29 is 29.3 Å². The molecule has 1 aliphatic carbocycles. The van der Waals surface area contributed by atoms with E-state index in [0.29, 0.717) is 19.6 Å². The van der Waals surface area contributed by atoms with Crippen LogP contribution in [0.25, 0.3) is 0 Å². The Hall–Kier alpha value is -2.65. The predicted molar refractivity (Wildman–Crippen MR) is 119 cm³/mol. The van der Waals surface area contributed by atoms with Gasteiger partial charge in [-0.05, 0) is 37.2 Å². The summed E-state index contributed by atoms with van der Waals surface area (Å²) >= 11 is 0. The zero-order chi connectivity index (χ0) is 23.6. The summed E-state index contributed by atoms with van der Waals surface area (Å²) in [5, 5.41) is 20.8. The highest BCUT2D eigenvalue weighted by molar-refractivity contribution is 5.86. The van der Waals surface area contributed by atoms with Gasteiger partial charge in [0.25, 0.3) is 0 Å². The second kappa shape index (κ2) is 9.69. The van der Waals surface area contributed by atoms with E-state index < -0.39 is 24.3 Å². The Bertz CT molecular complexity index is 874. The average Bonchev–Trinajstić information content (AvgIpc) is 3.58. The van der Waals surface area contributed by atoms with Gasteiger partial charge in [-0.1, -0.05) is 30.3 Å². The van der Waals surface area contributed by atoms with E-state index in [4.69, 9.17) is 4.74 Å². The molecule has 2 heterocycles. The number of aliphatic hydroxyl groups is 2. The number of β-amino-alcohol motifs (C(OH)–C–C–N with tert-alkyl or cyclic N) is 2. The maximum Gasteiger partial charge on any atom is 0.410 e. The van der Waals surface area contributed by atoms with Crippen LogP contribution in [0.2, 0.25) is 0 Å². The molecule has 3 atom stereocenters. The standard InChI is InChI=1S/C24H33N3O6/c1-17-22(31)26(11-12-27(17)23(32)33-16-18-5-3-2-4-6-18)14-19(28)13-21(30)25-10-9-24(7-8-24)20(29)15-25/h2-6,17,19-20,28-29H,7-16H2,1H3/t17-,19-,20+/m0/s1. The smallest absolute Gasteiger partial charge is 0.410 e. The summed E-state index contributed by atoms with van der Waals surface area (Å²) in [4.78, 5) is 42.3. The van der Waals surface area contributed by atoms with Gasteiger partial charge in [-0.2, -0.15) is 0 Å². The van der Waals surface area contributed by atoms with Gasteiger partial charge in [0.15, 0.2) is 0 Å². The average molecular weight is 460 g/mol. The molecule has 3 amide bonds. The van der Waals surface area contributed by atoms with Crippen LogP contribution in [0, 0.1) is 5.41 Å². The lowest BCUT2D eigenvalue weighted by Crippen LogP contribution is -2.59. The van der Waals surface area contributed by atoms with E-state index in [0.717, 1.165) is 24.8 Å². The molecule has 1 aromatic carbocycles. The second-order valence-corrected chi connectivity index (χ2v) is 9.52. The topological polar surface area (TPSA) is 111 Å². The van der Waals surface area contributed by atoms with E-state index in [1.807, 2.05) is 30.3 Å². The zero-order valence-electron chi connectivity index (χ0n) is 19.1. The Morgan fingerprint density at radius 3 is 2.55 bits per heavy atom. The molecule has 1 aromatic rings. The van der Waals surface area contributed by atoms with Crippen LogP contribution >= 0.6 is 0 Å². The van der Waals surface area contributed by atoms with Gasteiger partial charge in [0.05, 0.1) is 18.6 Å². The second-order valence-electron chi connectivity index (χ2n) is 9.52. The lowest BCUT2D eigenvalue weighted by Gasteiger charge is -2.39. The van der Waals surface area contributed by atoms with Crippen LogP contribution in [0.1, 0.15) is 38.2 Å². The van der Waals surface area contributed by atoms with E-state index in [9.17, 15) is 24.6 Å². The van der Waals surface area contributed by atoms with Gasteiger partial charge in [0.1, 0.15) is 12.6 Å².